The molecule has 38 heavy (non-hydrogen) atoms. The normalized spacial score (nSPS) is 12.2. The van der Waals surface area contributed by atoms with Crippen LogP contribution in [0.5, 0.6) is 0 Å². The molecule has 0 radical (unpaired) electrons. The zero-order valence-corrected chi connectivity index (χ0v) is 24.0. The zero-order chi connectivity index (χ0) is 27.7. The van der Waals surface area contributed by atoms with Gasteiger partial charge in [-0.15, -0.1) is 0 Å². The summed E-state index contributed by atoms with van der Waals surface area (Å²) in [5, 5.41) is 12.8. The average Bonchev–Trinajstić information content (AvgIpc) is 3.19. The number of aromatic nitrogens is 1. The molecule has 1 heterocycles. The summed E-state index contributed by atoms with van der Waals surface area (Å²) in [5.74, 6) is -1.05. The second kappa shape index (κ2) is 10.6. The van der Waals surface area contributed by atoms with Crippen molar-refractivity contribution in [1.29, 1.82) is 0 Å². The molecule has 0 unspecified atom stereocenters. The molecular formula is C31H35NO5Si. The Labute approximate surface area is 225 Å². The van der Waals surface area contributed by atoms with Crippen molar-refractivity contribution in [3.63, 3.8) is 0 Å². The van der Waals surface area contributed by atoms with E-state index in [0.717, 1.165) is 15.9 Å². The van der Waals surface area contributed by atoms with E-state index in [-0.39, 0.29) is 12.2 Å². The van der Waals surface area contributed by atoms with Crippen LogP contribution >= 0.6 is 0 Å². The first kappa shape index (κ1) is 27.4. The van der Waals surface area contributed by atoms with Gasteiger partial charge in [0.25, 0.3) is 0 Å². The molecule has 3 aromatic carbocycles. The number of benzene rings is 3. The van der Waals surface area contributed by atoms with Crippen LogP contribution in [0.4, 0.5) is 4.79 Å². The molecule has 198 valence electrons. The van der Waals surface area contributed by atoms with E-state index in [9.17, 15) is 14.7 Å². The monoisotopic (exact) mass is 529 g/mol. The molecular weight excluding hydrogens is 494 g/mol. The molecule has 7 heteroatoms. The van der Waals surface area contributed by atoms with Crippen LogP contribution < -0.4 is 10.4 Å². The van der Waals surface area contributed by atoms with E-state index in [0.29, 0.717) is 16.6 Å². The van der Waals surface area contributed by atoms with Crippen LogP contribution in [-0.2, 0) is 21.2 Å². The molecule has 1 N–H and O–H groups in total. The second-order valence-electron chi connectivity index (χ2n) is 11.4. The van der Waals surface area contributed by atoms with Crippen LogP contribution in [0.25, 0.3) is 10.9 Å². The Hall–Kier alpha value is -3.68. The highest BCUT2D eigenvalue weighted by atomic mass is 28.3. The molecule has 0 saturated heterocycles. The second-order valence-corrected chi connectivity index (χ2v) is 13.8. The molecule has 4 aromatic rings. The minimum absolute atomic E-state index is 0.125. The quantitative estimate of drug-likeness (QED) is 0.335. The molecule has 4 rings (SSSR count). The lowest BCUT2D eigenvalue weighted by Gasteiger charge is -2.25. The number of rotatable bonds is 6. The third-order valence-corrected chi connectivity index (χ3v) is 8.72. The Morgan fingerprint density at radius 1 is 0.816 bits per heavy atom. The number of carbonyl (C=O) groups is 2. The number of hydrogen-bond acceptors (Lipinski definition) is 4. The smallest absolute Gasteiger partial charge is 0.419 e. The summed E-state index contributed by atoms with van der Waals surface area (Å²) in [7, 11) is -2.15. The van der Waals surface area contributed by atoms with Gasteiger partial charge in [0.05, 0.1) is 23.4 Å². The molecule has 0 spiro atoms. The number of carbonyl (C=O) groups excluding carboxylic acids is 1. The largest absolute Gasteiger partial charge is 0.478 e. The van der Waals surface area contributed by atoms with Crippen molar-refractivity contribution < 1.29 is 23.9 Å². The Bertz CT molecular complexity index is 1410. The number of aromatic carboxylic acids is 1. The average molecular weight is 530 g/mol. The van der Waals surface area contributed by atoms with E-state index in [1.54, 1.807) is 18.2 Å². The van der Waals surface area contributed by atoms with Gasteiger partial charge in [0.2, 0.25) is 9.04 Å². The fraction of sp³-hybridized carbons (Fsp3) is 0.290. The fourth-order valence-electron chi connectivity index (χ4n) is 4.83. The van der Waals surface area contributed by atoms with Crippen LogP contribution in [-0.4, -0.2) is 36.4 Å². The SMILES string of the molecule is CC(C)(C)OC(=O)n1c(CO[SiH](c2ccccc2)c2ccccc2)c(C(C)(C)C)c2c(C(=O)O)cccc21. The fourth-order valence-corrected chi connectivity index (χ4v) is 7.07. The predicted molar refractivity (Wildman–Crippen MR) is 153 cm³/mol. The summed E-state index contributed by atoms with van der Waals surface area (Å²) in [6.07, 6.45) is -0.559. The van der Waals surface area contributed by atoms with E-state index >= 15 is 0 Å². The van der Waals surface area contributed by atoms with Crippen molar-refractivity contribution >= 4 is 42.4 Å². The topological polar surface area (TPSA) is 77.8 Å². The Kier molecular flexibility index (Phi) is 7.62. The molecule has 0 aliphatic rings. The zero-order valence-electron chi connectivity index (χ0n) is 22.8. The third kappa shape index (κ3) is 5.74. The Balaban J connectivity index is 1.93. The van der Waals surface area contributed by atoms with E-state index in [1.807, 2.05) is 77.9 Å². The molecule has 0 aliphatic heterocycles. The number of hydrogen-bond donors (Lipinski definition) is 1. The minimum Gasteiger partial charge on any atom is -0.478 e. The molecule has 0 aliphatic carbocycles. The minimum atomic E-state index is -2.15. The van der Waals surface area contributed by atoms with Crippen molar-refractivity contribution in [3.8, 4) is 0 Å². The molecule has 0 saturated carbocycles. The highest BCUT2D eigenvalue weighted by Gasteiger charge is 2.33. The summed E-state index contributed by atoms with van der Waals surface area (Å²) in [4.78, 5) is 25.9. The van der Waals surface area contributed by atoms with Gasteiger partial charge in [-0.25, -0.2) is 14.2 Å². The van der Waals surface area contributed by atoms with Gasteiger partial charge >= 0.3 is 12.1 Å². The molecule has 0 amide bonds. The standard InChI is InChI=1S/C31H35NO5Si/c1-30(2,3)27-25(20-36-38(21-14-9-7-10-15-21)22-16-11-8-12-17-22)32(29(35)37-31(4,5)6)24-19-13-18-23(26(24)27)28(33)34/h7-19,38H,20H2,1-6H3,(H,33,34). The van der Waals surface area contributed by atoms with E-state index < -0.39 is 32.1 Å². The first-order chi connectivity index (χ1) is 17.9. The summed E-state index contributed by atoms with van der Waals surface area (Å²) < 4.78 is 14.1. The summed E-state index contributed by atoms with van der Waals surface area (Å²) >= 11 is 0. The van der Waals surface area contributed by atoms with Crippen LogP contribution in [0.15, 0.2) is 78.9 Å². The predicted octanol–water partition coefficient (Wildman–Crippen LogP) is 5.48. The van der Waals surface area contributed by atoms with E-state index in [1.165, 1.54) is 4.57 Å². The lowest BCUT2D eigenvalue weighted by Crippen LogP contribution is -2.45. The molecule has 1 aromatic heterocycles. The van der Waals surface area contributed by atoms with Gasteiger partial charge in [-0.05, 0) is 54.3 Å². The molecule has 0 bridgehead atoms. The first-order valence-corrected chi connectivity index (χ1v) is 14.4. The number of ether oxygens (including phenoxy) is 1. The summed E-state index contributed by atoms with van der Waals surface area (Å²) in [6.45, 7) is 11.6. The van der Waals surface area contributed by atoms with Crippen molar-refractivity contribution in [2.75, 3.05) is 0 Å². The maximum atomic E-state index is 13.7. The first-order valence-electron chi connectivity index (χ1n) is 12.7. The number of carboxylic acids is 1. The third-order valence-electron chi connectivity index (χ3n) is 6.24. The number of nitrogens with zero attached hydrogens (tertiary/aromatic N) is 1. The number of carboxylic acid groups (broad SMARTS) is 1. The van der Waals surface area contributed by atoms with Gasteiger partial charge in [-0.3, -0.25) is 0 Å². The van der Waals surface area contributed by atoms with Crippen LogP contribution in [0.3, 0.4) is 0 Å². The summed E-state index contributed by atoms with van der Waals surface area (Å²) in [6, 6.07) is 25.2. The molecule has 0 atom stereocenters. The van der Waals surface area contributed by atoms with Gasteiger partial charge in [0.1, 0.15) is 5.60 Å². The lowest BCUT2D eigenvalue weighted by molar-refractivity contribution is 0.0533. The molecule has 0 fully saturated rings. The van der Waals surface area contributed by atoms with Gasteiger partial charge in [-0.1, -0.05) is 87.5 Å². The van der Waals surface area contributed by atoms with Gasteiger partial charge in [0.15, 0.2) is 0 Å². The molecule has 6 nitrogen and oxygen atoms in total. The van der Waals surface area contributed by atoms with Crippen molar-refractivity contribution in [2.24, 2.45) is 0 Å². The van der Waals surface area contributed by atoms with E-state index in [4.69, 9.17) is 9.16 Å². The maximum Gasteiger partial charge on any atom is 0.419 e. The highest BCUT2D eigenvalue weighted by Crippen LogP contribution is 2.38. The van der Waals surface area contributed by atoms with Crippen LogP contribution in [0.1, 0.15) is 63.2 Å². The van der Waals surface area contributed by atoms with Gasteiger partial charge in [0, 0.05) is 5.39 Å². The van der Waals surface area contributed by atoms with Crippen molar-refractivity contribution in [2.45, 2.75) is 59.2 Å². The van der Waals surface area contributed by atoms with Crippen LogP contribution in [0.2, 0.25) is 0 Å². The van der Waals surface area contributed by atoms with Gasteiger partial charge in [-0.2, -0.15) is 0 Å². The maximum absolute atomic E-state index is 13.7. The van der Waals surface area contributed by atoms with Crippen LogP contribution in [0, 0.1) is 0 Å². The lowest BCUT2D eigenvalue weighted by atomic mass is 9.83. The highest BCUT2D eigenvalue weighted by molar-refractivity contribution is 6.80. The van der Waals surface area contributed by atoms with Crippen molar-refractivity contribution in [1.82, 2.24) is 4.57 Å². The van der Waals surface area contributed by atoms with Gasteiger partial charge < -0.3 is 14.3 Å². The Morgan fingerprint density at radius 2 is 1.37 bits per heavy atom. The van der Waals surface area contributed by atoms with E-state index in [2.05, 4.69) is 24.3 Å². The Morgan fingerprint density at radius 3 is 1.84 bits per heavy atom. The van der Waals surface area contributed by atoms with Crippen molar-refractivity contribution in [3.05, 3.63) is 95.7 Å². The summed E-state index contributed by atoms with van der Waals surface area (Å²) in [5.41, 5.74) is 0.816. The number of fused-ring (bicyclic) bond motifs is 1.